The number of benzene rings is 3. The Morgan fingerprint density at radius 1 is 1.03 bits per heavy atom. The van der Waals surface area contributed by atoms with Crippen LogP contribution in [-0.4, -0.2) is 26.0 Å². The molecule has 0 aliphatic rings. The molecule has 10 heteroatoms. The molecule has 0 aliphatic heterocycles. The highest BCUT2D eigenvalue weighted by molar-refractivity contribution is 9.10. The van der Waals surface area contributed by atoms with Crippen LogP contribution in [0.3, 0.4) is 0 Å². The fraction of sp³-hybridized carbons (Fsp3) is 0.167. The van der Waals surface area contributed by atoms with E-state index in [-0.39, 0.29) is 10.0 Å². The first-order valence-electron chi connectivity index (χ1n) is 10.3. The lowest BCUT2D eigenvalue weighted by atomic mass is 10.1. The van der Waals surface area contributed by atoms with Crippen LogP contribution in [0.5, 0.6) is 5.75 Å². The van der Waals surface area contributed by atoms with Gasteiger partial charge in [-0.25, -0.2) is 8.42 Å². The first kappa shape index (κ1) is 25.7. The highest BCUT2D eigenvalue weighted by Gasteiger charge is 2.17. The number of anilines is 2. The minimum Gasteiger partial charge on any atom is -0.493 e. The van der Waals surface area contributed by atoms with Gasteiger partial charge in [-0.15, -0.1) is 0 Å². The maximum Gasteiger partial charge on any atom is 0.261 e. The summed E-state index contributed by atoms with van der Waals surface area (Å²) in [5.74, 6) is 0.0104. The molecular formula is C24H24BrN3O4S2. The van der Waals surface area contributed by atoms with E-state index < -0.39 is 15.9 Å². The summed E-state index contributed by atoms with van der Waals surface area (Å²) in [4.78, 5) is 12.8. The predicted octanol–water partition coefficient (Wildman–Crippen LogP) is 5.39. The number of rotatable bonds is 7. The second-order valence-corrected chi connectivity index (χ2v) is 10.4. The van der Waals surface area contributed by atoms with E-state index in [1.54, 1.807) is 30.3 Å². The largest absolute Gasteiger partial charge is 0.493 e. The molecule has 0 unspecified atom stereocenters. The molecule has 0 atom stereocenters. The van der Waals surface area contributed by atoms with Gasteiger partial charge in [0.15, 0.2) is 5.11 Å². The van der Waals surface area contributed by atoms with Gasteiger partial charge in [0.1, 0.15) is 5.75 Å². The van der Waals surface area contributed by atoms with Gasteiger partial charge in [0, 0.05) is 10.2 Å². The lowest BCUT2D eigenvalue weighted by molar-refractivity contribution is 0.0974. The van der Waals surface area contributed by atoms with Crippen molar-refractivity contribution in [2.45, 2.75) is 25.7 Å². The Hall–Kier alpha value is -2.95. The Morgan fingerprint density at radius 2 is 1.68 bits per heavy atom. The van der Waals surface area contributed by atoms with E-state index in [0.29, 0.717) is 29.3 Å². The number of sulfonamides is 1. The number of aryl methyl sites for hydroxylation is 2. The Kier molecular flexibility index (Phi) is 8.29. The molecule has 0 bridgehead atoms. The van der Waals surface area contributed by atoms with Crippen molar-refractivity contribution in [3.05, 3.63) is 81.8 Å². The zero-order valence-corrected chi connectivity index (χ0v) is 22.0. The normalized spacial score (nSPS) is 10.9. The fourth-order valence-corrected chi connectivity index (χ4v) is 4.95. The molecule has 0 aliphatic carbocycles. The van der Waals surface area contributed by atoms with E-state index in [1.807, 2.05) is 39.0 Å². The van der Waals surface area contributed by atoms with E-state index in [0.717, 1.165) is 15.6 Å². The molecule has 0 aromatic heterocycles. The van der Waals surface area contributed by atoms with Crippen LogP contribution in [-0.2, 0) is 10.0 Å². The molecule has 0 spiro atoms. The molecule has 0 saturated carbocycles. The molecule has 0 radical (unpaired) electrons. The lowest BCUT2D eigenvalue weighted by Gasteiger charge is -2.14. The molecule has 0 heterocycles. The summed E-state index contributed by atoms with van der Waals surface area (Å²) in [5.41, 5.74) is 3.09. The molecule has 1 amide bonds. The van der Waals surface area contributed by atoms with Crippen molar-refractivity contribution in [2.75, 3.05) is 16.6 Å². The summed E-state index contributed by atoms with van der Waals surface area (Å²) in [6.45, 7) is 5.94. The maximum atomic E-state index is 12.8. The summed E-state index contributed by atoms with van der Waals surface area (Å²) < 4.78 is 34.5. The zero-order chi connectivity index (χ0) is 24.9. The molecule has 3 aromatic carbocycles. The zero-order valence-electron chi connectivity index (χ0n) is 18.8. The van der Waals surface area contributed by atoms with Crippen LogP contribution in [0, 0.1) is 13.8 Å². The third kappa shape index (κ3) is 6.34. The van der Waals surface area contributed by atoms with E-state index in [4.69, 9.17) is 17.0 Å². The number of nitrogens with one attached hydrogen (secondary N) is 3. The molecule has 34 heavy (non-hydrogen) atoms. The van der Waals surface area contributed by atoms with Gasteiger partial charge in [0.05, 0.1) is 22.8 Å². The van der Waals surface area contributed by atoms with Crippen molar-refractivity contribution in [1.29, 1.82) is 0 Å². The highest BCUT2D eigenvalue weighted by Crippen LogP contribution is 2.25. The van der Waals surface area contributed by atoms with Crippen molar-refractivity contribution in [3.63, 3.8) is 0 Å². The van der Waals surface area contributed by atoms with Gasteiger partial charge in [-0.3, -0.25) is 14.8 Å². The second kappa shape index (κ2) is 11.0. The van der Waals surface area contributed by atoms with Crippen molar-refractivity contribution in [2.24, 2.45) is 0 Å². The quantitative estimate of drug-likeness (QED) is 0.334. The molecule has 178 valence electrons. The molecule has 3 N–H and O–H groups in total. The van der Waals surface area contributed by atoms with Gasteiger partial charge in [-0.1, -0.05) is 34.1 Å². The standard InChI is InChI=1S/C24H24BrN3O4S2/c1-4-32-21-13-8-17(25)14-20(21)23(29)27-24(33)26-18-9-11-19(12-10-18)34(30,31)28-22-15(2)6-5-7-16(22)3/h5-14,28H,4H2,1-3H3,(H2,26,27,29,33). The Bertz CT molecular complexity index is 1310. The van der Waals surface area contributed by atoms with Gasteiger partial charge in [0.25, 0.3) is 15.9 Å². The number of hydrogen-bond acceptors (Lipinski definition) is 5. The van der Waals surface area contributed by atoms with Crippen LogP contribution in [0.15, 0.2) is 70.0 Å². The summed E-state index contributed by atoms with van der Waals surface area (Å²) in [6, 6.07) is 16.8. The van der Waals surface area contributed by atoms with Gasteiger partial charge in [0.2, 0.25) is 0 Å². The smallest absolute Gasteiger partial charge is 0.261 e. The van der Waals surface area contributed by atoms with Crippen molar-refractivity contribution in [1.82, 2.24) is 5.32 Å². The van der Waals surface area contributed by atoms with Gasteiger partial charge < -0.3 is 10.1 Å². The topological polar surface area (TPSA) is 96.5 Å². The number of hydrogen-bond donors (Lipinski definition) is 3. The monoisotopic (exact) mass is 561 g/mol. The SMILES string of the molecule is CCOc1ccc(Br)cc1C(=O)NC(=S)Nc1ccc(S(=O)(=O)Nc2c(C)cccc2C)cc1. The van der Waals surface area contributed by atoms with Gasteiger partial charge in [-0.2, -0.15) is 0 Å². The highest BCUT2D eigenvalue weighted by atomic mass is 79.9. The van der Waals surface area contributed by atoms with Crippen molar-refractivity contribution in [3.8, 4) is 5.75 Å². The van der Waals surface area contributed by atoms with E-state index in [9.17, 15) is 13.2 Å². The first-order chi connectivity index (χ1) is 16.1. The molecular weight excluding hydrogens is 538 g/mol. The summed E-state index contributed by atoms with van der Waals surface area (Å²) in [5, 5.41) is 5.56. The molecule has 3 rings (SSSR count). The number of amides is 1. The summed E-state index contributed by atoms with van der Waals surface area (Å²) in [6.07, 6.45) is 0. The number of ether oxygens (including phenoxy) is 1. The van der Waals surface area contributed by atoms with E-state index >= 15 is 0 Å². The minimum atomic E-state index is -3.77. The van der Waals surface area contributed by atoms with Crippen LogP contribution in [0.1, 0.15) is 28.4 Å². The third-order valence-corrected chi connectivity index (χ3v) is 6.92. The van der Waals surface area contributed by atoms with Crippen LogP contribution in [0.4, 0.5) is 11.4 Å². The third-order valence-electron chi connectivity index (χ3n) is 4.85. The first-order valence-corrected chi connectivity index (χ1v) is 13.0. The van der Waals surface area contributed by atoms with Crippen LogP contribution >= 0.6 is 28.1 Å². The summed E-state index contributed by atoms with van der Waals surface area (Å²) >= 11 is 8.60. The maximum absolute atomic E-state index is 12.8. The van der Waals surface area contributed by atoms with E-state index in [2.05, 4.69) is 31.3 Å². The second-order valence-electron chi connectivity index (χ2n) is 7.38. The molecule has 7 nitrogen and oxygen atoms in total. The predicted molar refractivity (Wildman–Crippen MR) is 142 cm³/mol. The van der Waals surface area contributed by atoms with E-state index in [1.165, 1.54) is 12.1 Å². The Balaban J connectivity index is 1.68. The van der Waals surface area contributed by atoms with Gasteiger partial charge >= 0.3 is 0 Å². The van der Waals surface area contributed by atoms with Crippen LogP contribution in [0.25, 0.3) is 0 Å². The summed E-state index contributed by atoms with van der Waals surface area (Å²) in [7, 11) is -3.77. The fourth-order valence-electron chi connectivity index (χ4n) is 3.18. The molecule has 0 fully saturated rings. The average molecular weight is 563 g/mol. The van der Waals surface area contributed by atoms with Gasteiger partial charge in [-0.05, 0) is 86.6 Å². The molecule has 3 aromatic rings. The van der Waals surface area contributed by atoms with Crippen molar-refractivity contribution >= 4 is 60.6 Å². The minimum absolute atomic E-state index is 0.0664. The Labute approximate surface area is 213 Å². The average Bonchev–Trinajstić information content (AvgIpc) is 2.78. The number of halogens is 1. The molecule has 0 saturated heterocycles. The van der Waals surface area contributed by atoms with Crippen LogP contribution < -0.4 is 20.1 Å². The van der Waals surface area contributed by atoms with Crippen molar-refractivity contribution < 1.29 is 17.9 Å². The number of thiocarbonyl (C=S) groups is 1. The number of carbonyl (C=O) groups excluding carboxylic acids is 1. The lowest BCUT2D eigenvalue weighted by Crippen LogP contribution is -2.34. The number of carbonyl (C=O) groups is 1. The van der Waals surface area contributed by atoms with Crippen LogP contribution in [0.2, 0.25) is 0 Å². The number of para-hydroxylation sites is 1. The Morgan fingerprint density at radius 3 is 2.29 bits per heavy atom.